The molecular weight excluding hydrogens is 222 g/mol. The smallest absolute Gasteiger partial charge is 0.0887 e. The van der Waals surface area contributed by atoms with E-state index in [1.807, 2.05) is 0 Å². The first-order valence-corrected chi connectivity index (χ1v) is 9.93. The second kappa shape index (κ2) is 16.2. The molecule has 0 aromatic carbocycles. The summed E-state index contributed by atoms with van der Waals surface area (Å²) in [6.07, 6.45) is 18.8. The van der Waals surface area contributed by atoms with Crippen molar-refractivity contribution in [1.82, 2.24) is 0 Å². The molecule has 0 rings (SSSR count). The van der Waals surface area contributed by atoms with E-state index in [4.69, 9.17) is 5.40 Å². The highest BCUT2D eigenvalue weighted by Crippen LogP contribution is 2.12. The lowest BCUT2D eigenvalue weighted by Gasteiger charge is -2.02. The van der Waals surface area contributed by atoms with Crippen molar-refractivity contribution in [2.45, 2.75) is 96.4 Å². The number of hydrogen-bond donors (Lipinski definition) is 1. The number of nitrogens with two attached hydrogens (primary N) is 1. The highest BCUT2D eigenvalue weighted by molar-refractivity contribution is 6.30. The topological polar surface area (TPSA) is 26.0 Å². The van der Waals surface area contributed by atoms with Crippen LogP contribution in [0, 0.1) is 0 Å². The molecule has 0 spiro atoms. The number of unbranched alkanes of at least 4 members (excludes halogenated alkanes) is 12. The van der Waals surface area contributed by atoms with E-state index < -0.39 is 0 Å². The summed E-state index contributed by atoms with van der Waals surface area (Å²) >= 11 is 0. The van der Waals surface area contributed by atoms with Crippen LogP contribution < -0.4 is 5.40 Å². The normalized spacial score (nSPS) is 11.6. The molecule has 0 aromatic heterocycles. The van der Waals surface area contributed by atoms with Crippen molar-refractivity contribution < 1.29 is 0 Å². The average Bonchev–Trinajstić information content (AvgIpc) is 2.35. The zero-order valence-electron chi connectivity index (χ0n) is 12.2. The third kappa shape index (κ3) is 16.2. The third-order valence-electron chi connectivity index (χ3n) is 3.56. The minimum atomic E-state index is -0.146. The standard InChI is InChI=1S/C15H35NSi/c1-2-3-4-5-6-7-8-9-10-11-12-13-14-15-17-16/h2-17H2,1H3. The van der Waals surface area contributed by atoms with Gasteiger partial charge < -0.3 is 5.40 Å². The fourth-order valence-corrected chi connectivity index (χ4v) is 2.98. The van der Waals surface area contributed by atoms with Gasteiger partial charge in [-0.1, -0.05) is 96.4 Å². The molecular formula is C15H35NSi. The zero-order chi connectivity index (χ0) is 12.6. The molecule has 0 aliphatic rings. The summed E-state index contributed by atoms with van der Waals surface area (Å²) in [5.41, 5.74) is 0. The number of hydrogen-bond acceptors (Lipinski definition) is 1. The Morgan fingerprint density at radius 1 is 0.588 bits per heavy atom. The maximum absolute atomic E-state index is 5.61. The van der Waals surface area contributed by atoms with Crippen LogP contribution in [0.15, 0.2) is 0 Å². The lowest BCUT2D eigenvalue weighted by molar-refractivity contribution is 0.542. The van der Waals surface area contributed by atoms with Gasteiger partial charge in [0.1, 0.15) is 0 Å². The maximum atomic E-state index is 5.61. The Hall–Kier alpha value is 0.177. The second-order valence-electron chi connectivity index (χ2n) is 5.38. The molecule has 0 amide bonds. The molecule has 0 radical (unpaired) electrons. The largest absolute Gasteiger partial charge is 0.356 e. The quantitative estimate of drug-likeness (QED) is 0.359. The van der Waals surface area contributed by atoms with E-state index in [0.717, 1.165) is 0 Å². The fraction of sp³-hybridized carbons (Fsp3) is 1.00. The zero-order valence-corrected chi connectivity index (χ0v) is 13.6. The van der Waals surface area contributed by atoms with Crippen LogP contribution in [0.25, 0.3) is 0 Å². The molecule has 0 heterocycles. The summed E-state index contributed by atoms with van der Waals surface area (Å²) in [7, 11) is -0.146. The molecule has 0 saturated carbocycles. The molecule has 0 aliphatic heterocycles. The van der Waals surface area contributed by atoms with Crippen LogP contribution in [-0.4, -0.2) is 9.68 Å². The van der Waals surface area contributed by atoms with Gasteiger partial charge in [0.25, 0.3) is 0 Å². The summed E-state index contributed by atoms with van der Waals surface area (Å²) in [5, 5.41) is 5.61. The summed E-state index contributed by atoms with van der Waals surface area (Å²) in [5.74, 6) is 0. The van der Waals surface area contributed by atoms with Crippen LogP contribution in [0.1, 0.15) is 90.4 Å². The van der Waals surface area contributed by atoms with Gasteiger partial charge in [-0.15, -0.1) is 0 Å². The van der Waals surface area contributed by atoms with E-state index in [1.165, 1.54) is 89.5 Å². The van der Waals surface area contributed by atoms with E-state index >= 15 is 0 Å². The molecule has 2 N–H and O–H groups in total. The Labute approximate surface area is 112 Å². The first-order chi connectivity index (χ1) is 8.41. The van der Waals surface area contributed by atoms with Gasteiger partial charge in [-0.3, -0.25) is 0 Å². The van der Waals surface area contributed by atoms with E-state index in [0.29, 0.717) is 0 Å². The lowest BCUT2D eigenvalue weighted by atomic mass is 10.1. The van der Waals surface area contributed by atoms with E-state index in [9.17, 15) is 0 Å². The number of rotatable bonds is 14. The van der Waals surface area contributed by atoms with Crippen molar-refractivity contribution in [3.8, 4) is 0 Å². The molecule has 0 aromatic rings. The van der Waals surface area contributed by atoms with Gasteiger partial charge in [-0.25, -0.2) is 0 Å². The van der Waals surface area contributed by atoms with Gasteiger partial charge in [0.05, 0.1) is 9.68 Å². The molecule has 17 heavy (non-hydrogen) atoms. The van der Waals surface area contributed by atoms with Gasteiger partial charge >= 0.3 is 0 Å². The van der Waals surface area contributed by atoms with Crippen LogP contribution in [0.2, 0.25) is 6.04 Å². The Bertz CT molecular complexity index is 114. The van der Waals surface area contributed by atoms with Crippen LogP contribution >= 0.6 is 0 Å². The van der Waals surface area contributed by atoms with Gasteiger partial charge in [-0.05, 0) is 0 Å². The summed E-state index contributed by atoms with van der Waals surface area (Å²) in [6.45, 7) is 2.29. The molecule has 1 nitrogen and oxygen atoms in total. The molecule has 0 bridgehead atoms. The van der Waals surface area contributed by atoms with Gasteiger partial charge in [0.2, 0.25) is 0 Å². The van der Waals surface area contributed by atoms with E-state index in [1.54, 1.807) is 0 Å². The van der Waals surface area contributed by atoms with Crippen molar-refractivity contribution in [2.75, 3.05) is 0 Å². The Balaban J connectivity index is 2.85. The van der Waals surface area contributed by atoms with Crippen LogP contribution in [0.5, 0.6) is 0 Å². The van der Waals surface area contributed by atoms with Gasteiger partial charge in [0, 0.05) is 0 Å². The molecule has 104 valence electrons. The molecule has 0 fully saturated rings. The first kappa shape index (κ1) is 17.2. The monoisotopic (exact) mass is 257 g/mol. The predicted octanol–water partition coefficient (Wildman–Crippen LogP) is 4.54. The van der Waals surface area contributed by atoms with Crippen molar-refractivity contribution >= 4 is 9.68 Å². The highest BCUT2D eigenvalue weighted by Gasteiger charge is 1.93. The highest BCUT2D eigenvalue weighted by atomic mass is 28.2. The second-order valence-corrected chi connectivity index (χ2v) is 6.67. The minimum Gasteiger partial charge on any atom is -0.356 e. The molecule has 2 heteroatoms. The molecule has 0 unspecified atom stereocenters. The first-order valence-electron chi connectivity index (χ1n) is 8.12. The summed E-state index contributed by atoms with van der Waals surface area (Å²) in [4.78, 5) is 0. The Morgan fingerprint density at radius 2 is 0.941 bits per heavy atom. The molecule has 0 saturated heterocycles. The lowest BCUT2D eigenvalue weighted by Crippen LogP contribution is -2.02. The molecule has 0 atom stereocenters. The SMILES string of the molecule is CCCCCCCCCCCCCCC[SiH2]N. The van der Waals surface area contributed by atoms with E-state index in [-0.39, 0.29) is 9.68 Å². The Kier molecular flexibility index (Phi) is 16.3. The van der Waals surface area contributed by atoms with Crippen molar-refractivity contribution in [1.29, 1.82) is 0 Å². The van der Waals surface area contributed by atoms with Gasteiger partial charge in [-0.2, -0.15) is 0 Å². The van der Waals surface area contributed by atoms with Crippen LogP contribution in [-0.2, 0) is 0 Å². The third-order valence-corrected chi connectivity index (χ3v) is 4.47. The Morgan fingerprint density at radius 3 is 1.29 bits per heavy atom. The van der Waals surface area contributed by atoms with Crippen molar-refractivity contribution in [3.05, 3.63) is 0 Å². The maximum Gasteiger partial charge on any atom is 0.0887 e. The van der Waals surface area contributed by atoms with Gasteiger partial charge in [0.15, 0.2) is 0 Å². The van der Waals surface area contributed by atoms with Crippen LogP contribution in [0.4, 0.5) is 0 Å². The van der Waals surface area contributed by atoms with Crippen molar-refractivity contribution in [3.63, 3.8) is 0 Å². The summed E-state index contributed by atoms with van der Waals surface area (Å²) in [6, 6.07) is 1.36. The summed E-state index contributed by atoms with van der Waals surface area (Å²) < 4.78 is 0. The van der Waals surface area contributed by atoms with E-state index in [2.05, 4.69) is 6.92 Å². The predicted molar refractivity (Wildman–Crippen MR) is 83.2 cm³/mol. The average molecular weight is 258 g/mol. The van der Waals surface area contributed by atoms with Crippen LogP contribution in [0.3, 0.4) is 0 Å². The molecule has 0 aliphatic carbocycles. The minimum absolute atomic E-state index is 0.146. The van der Waals surface area contributed by atoms with Crippen molar-refractivity contribution in [2.24, 2.45) is 5.40 Å². The fourth-order valence-electron chi connectivity index (χ4n) is 2.34.